The molecular formula is C14H17NO4. The largest absolute Gasteiger partial charge is 0.454 e. The summed E-state index contributed by atoms with van der Waals surface area (Å²) in [6.07, 6.45) is 2.91. The summed E-state index contributed by atoms with van der Waals surface area (Å²) in [5.74, 6) is 1.35. The maximum absolute atomic E-state index is 12.5. The van der Waals surface area contributed by atoms with E-state index in [2.05, 4.69) is 0 Å². The first-order valence-electron chi connectivity index (χ1n) is 6.58. The average molecular weight is 263 g/mol. The maximum Gasteiger partial charge on any atom is 0.231 e. The number of aliphatic hydroxyl groups is 1. The molecule has 1 heterocycles. The number of hydrogen-bond acceptors (Lipinski definition) is 5. The van der Waals surface area contributed by atoms with Gasteiger partial charge in [0.2, 0.25) is 6.79 Å². The molecule has 1 aromatic rings. The van der Waals surface area contributed by atoms with E-state index < -0.39 is 0 Å². The molecule has 0 amide bonds. The predicted molar refractivity (Wildman–Crippen MR) is 69.4 cm³/mol. The second-order valence-corrected chi connectivity index (χ2v) is 5.02. The molecule has 0 bridgehead atoms. The van der Waals surface area contributed by atoms with Crippen LogP contribution in [0, 0.1) is 5.92 Å². The van der Waals surface area contributed by atoms with Crippen LogP contribution in [0.3, 0.4) is 0 Å². The van der Waals surface area contributed by atoms with Gasteiger partial charge in [-0.1, -0.05) is 0 Å². The highest BCUT2D eigenvalue weighted by atomic mass is 16.7. The molecule has 0 spiro atoms. The van der Waals surface area contributed by atoms with Crippen molar-refractivity contribution >= 4 is 11.5 Å². The molecule has 5 heteroatoms. The summed E-state index contributed by atoms with van der Waals surface area (Å²) in [5, 5.41) is 8.89. The molecule has 1 aliphatic heterocycles. The molecule has 0 radical (unpaired) electrons. The van der Waals surface area contributed by atoms with Crippen LogP contribution in [0.4, 0.5) is 5.69 Å². The summed E-state index contributed by atoms with van der Waals surface area (Å²) in [6, 6.07) is 1.67. The molecule has 0 saturated heterocycles. The van der Waals surface area contributed by atoms with Crippen molar-refractivity contribution in [3.63, 3.8) is 0 Å². The fraction of sp³-hybridized carbons (Fsp3) is 0.500. The van der Waals surface area contributed by atoms with Crippen LogP contribution in [0.15, 0.2) is 6.07 Å². The van der Waals surface area contributed by atoms with Crippen LogP contribution < -0.4 is 15.2 Å². The van der Waals surface area contributed by atoms with E-state index in [1.807, 2.05) is 0 Å². The number of Topliss-reactive ketones (excluding diaryl/α,β-unsaturated/α-hetero) is 1. The molecule has 0 fully saturated rings. The monoisotopic (exact) mass is 263 g/mol. The van der Waals surface area contributed by atoms with Gasteiger partial charge < -0.3 is 20.3 Å². The molecule has 0 aromatic heterocycles. The van der Waals surface area contributed by atoms with Crippen molar-refractivity contribution in [1.29, 1.82) is 0 Å². The van der Waals surface area contributed by atoms with E-state index in [9.17, 15) is 4.79 Å². The third-order valence-electron chi connectivity index (χ3n) is 3.86. The first-order chi connectivity index (χ1) is 9.22. The number of nitrogen functional groups attached to an aromatic ring is 1. The molecule has 102 valence electrons. The van der Waals surface area contributed by atoms with Crippen LogP contribution in [-0.2, 0) is 6.42 Å². The van der Waals surface area contributed by atoms with Gasteiger partial charge >= 0.3 is 0 Å². The Bertz CT molecular complexity index is 527. The third-order valence-corrected chi connectivity index (χ3v) is 3.86. The maximum atomic E-state index is 12.5. The minimum absolute atomic E-state index is 0.0395. The number of ketones is 1. The summed E-state index contributed by atoms with van der Waals surface area (Å²) in [7, 11) is 0. The Morgan fingerprint density at radius 2 is 2.26 bits per heavy atom. The Morgan fingerprint density at radius 1 is 1.42 bits per heavy atom. The molecule has 3 N–H and O–H groups in total. The zero-order valence-corrected chi connectivity index (χ0v) is 10.6. The summed E-state index contributed by atoms with van der Waals surface area (Å²) < 4.78 is 10.8. The lowest BCUT2D eigenvalue weighted by atomic mass is 9.79. The molecule has 5 nitrogen and oxygen atoms in total. The Labute approximate surface area is 111 Å². The SMILES string of the molecule is Nc1cc2c(c3c1C(=O)C(CCCO)CC3)OCO2. The van der Waals surface area contributed by atoms with Crippen molar-refractivity contribution in [2.24, 2.45) is 5.92 Å². The van der Waals surface area contributed by atoms with Crippen molar-refractivity contribution in [2.45, 2.75) is 25.7 Å². The molecular weight excluding hydrogens is 246 g/mol. The Kier molecular flexibility index (Phi) is 3.06. The zero-order chi connectivity index (χ0) is 13.4. The summed E-state index contributed by atoms with van der Waals surface area (Å²) in [6.45, 7) is 0.306. The van der Waals surface area contributed by atoms with Crippen molar-refractivity contribution < 1.29 is 19.4 Å². The van der Waals surface area contributed by atoms with Gasteiger partial charge in [-0.2, -0.15) is 0 Å². The predicted octanol–water partition coefficient (Wildman–Crippen LogP) is 1.52. The third kappa shape index (κ3) is 1.94. The van der Waals surface area contributed by atoms with Crippen LogP contribution in [0.1, 0.15) is 35.2 Å². The van der Waals surface area contributed by atoms with Crippen LogP contribution >= 0.6 is 0 Å². The number of hydrogen-bond donors (Lipinski definition) is 2. The average Bonchev–Trinajstić information content (AvgIpc) is 2.85. The lowest BCUT2D eigenvalue weighted by molar-refractivity contribution is 0.0888. The smallest absolute Gasteiger partial charge is 0.231 e. The van der Waals surface area contributed by atoms with Gasteiger partial charge in [-0.15, -0.1) is 0 Å². The van der Waals surface area contributed by atoms with Gasteiger partial charge in [-0.3, -0.25) is 4.79 Å². The number of anilines is 1. The highest BCUT2D eigenvalue weighted by Gasteiger charge is 2.34. The van der Waals surface area contributed by atoms with Crippen LogP contribution in [0.2, 0.25) is 0 Å². The zero-order valence-electron chi connectivity index (χ0n) is 10.6. The van der Waals surface area contributed by atoms with Gasteiger partial charge in [0.05, 0.1) is 0 Å². The van der Waals surface area contributed by atoms with E-state index in [1.165, 1.54) is 0 Å². The lowest BCUT2D eigenvalue weighted by Gasteiger charge is -2.25. The second kappa shape index (κ2) is 4.74. The molecule has 2 aliphatic rings. The first-order valence-corrected chi connectivity index (χ1v) is 6.58. The van der Waals surface area contributed by atoms with Crippen LogP contribution in [0.5, 0.6) is 11.5 Å². The number of aliphatic hydroxyl groups excluding tert-OH is 1. The topological polar surface area (TPSA) is 81.8 Å². The minimum Gasteiger partial charge on any atom is -0.454 e. The molecule has 1 aromatic carbocycles. The lowest BCUT2D eigenvalue weighted by Crippen LogP contribution is -2.24. The van der Waals surface area contributed by atoms with Gasteiger partial charge in [0.25, 0.3) is 0 Å². The molecule has 19 heavy (non-hydrogen) atoms. The van der Waals surface area contributed by atoms with E-state index in [-0.39, 0.29) is 25.1 Å². The standard InChI is InChI=1S/C14H17NO4/c15-10-6-11-14(19-7-18-11)9-4-3-8(2-1-5-16)13(17)12(9)10/h6,8,16H,1-5,7,15H2. The van der Waals surface area contributed by atoms with E-state index in [1.54, 1.807) is 6.07 Å². The van der Waals surface area contributed by atoms with Gasteiger partial charge in [0.15, 0.2) is 17.3 Å². The molecule has 3 rings (SSSR count). The second-order valence-electron chi connectivity index (χ2n) is 5.02. The highest BCUT2D eigenvalue weighted by Crippen LogP contribution is 2.45. The Balaban J connectivity index is 1.98. The van der Waals surface area contributed by atoms with Crippen LogP contribution in [-0.4, -0.2) is 24.3 Å². The molecule has 0 saturated carbocycles. The number of benzene rings is 1. The Morgan fingerprint density at radius 3 is 3.05 bits per heavy atom. The quantitative estimate of drug-likeness (QED) is 0.808. The summed E-state index contributed by atoms with van der Waals surface area (Å²) in [5.41, 5.74) is 7.94. The normalized spacial score (nSPS) is 20.5. The Hall–Kier alpha value is -1.75. The molecule has 1 unspecified atom stereocenters. The summed E-state index contributed by atoms with van der Waals surface area (Å²) >= 11 is 0. The van der Waals surface area contributed by atoms with Crippen LogP contribution in [0.25, 0.3) is 0 Å². The van der Waals surface area contributed by atoms with Gasteiger partial charge in [0, 0.05) is 35.4 Å². The van der Waals surface area contributed by atoms with Crippen molar-refractivity contribution in [1.82, 2.24) is 0 Å². The van der Waals surface area contributed by atoms with Gasteiger partial charge in [0.1, 0.15) is 0 Å². The van der Waals surface area contributed by atoms with E-state index in [0.717, 1.165) is 18.4 Å². The van der Waals surface area contributed by atoms with E-state index >= 15 is 0 Å². The number of rotatable bonds is 3. The van der Waals surface area contributed by atoms with Crippen molar-refractivity contribution in [3.05, 3.63) is 17.2 Å². The van der Waals surface area contributed by atoms with Crippen molar-refractivity contribution in [3.8, 4) is 11.5 Å². The number of fused-ring (bicyclic) bond motifs is 3. The summed E-state index contributed by atoms with van der Waals surface area (Å²) in [4.78, 5) is 12.5. The minimum atomic E-state index is -0.0395. The molecule has 1 atom stereocenters. The number of carbonyl (C=O) groups excluding carboxylic acids is 1. The number of carbonyl (C=O) groups is 1. The van der Waals surface area contributed by atoms with Gasteiger partial charge in [-0.05, 0) is 25.7 Å². The first kappa shape index (κ1) is 12.3. The number of nitrogens with two attached hydrogens (primary N) is 1. The van der Waals surface area contributed by atoms with E-state index in [0.29, 0.717) is 35.6 Å². The molecule has 1 aliphatic carbocycles. The van der Waals surface area contributed by atoms with Crippen molar-refractivity contribution in [2.75, 3.05) is 19.1 Å². The highest BCUT2D eigenvalue weighted by molar-refractivity contribution is 6.05. The number of ether oxygens (including phenoxy) is 2. The fourth-order valence-electron chi connectivity index (χ4n) is 2.93. The fourth-order valence-corrected chi connectivity index (χ4v) is 2.93. The van der Waals surface area contributed by atoms with Gasteiger partial charge in [-0.25, -0.2) is 0 Å². The van der Waals surface area contributed by atoms with E-state index in [4.69, 9.17) is 20.3 Å².